The molecule has 3 aromatic rings. The van der Waals surface area contributed by atoms with Gasteiger partial charge in [0.2, 0.25) is 5.78 Å². The Morgan fingerprint density at radius 2 is 2.07 bits per heavy atom. The summed E-state index contributed by atoms with van der Waals surface area (Å²) in [4.78, 5) is 19.1. The molecule has 1 unspecified atom stereocenters. The zero-order valence-electron chi connectivity index (χ0n) is 16.7. The maximum Gasteiger partial charge on any atom is 0.214 e. The van der Waals surface area contributed by atoms with Gasteiger partial charge in [-0.2, -0.15) is 5.10 Å². The van der Waals surface area contributed by atoms with Gasteiger partial charge in [0, 0.05) is 25.0 Å². The van der Waals surface area contributed by atoms with Crippen LogP contribution in [0.1, 0.15) is 42.2 Å². The highest BCUT2D eigenvalue weighted by molar-refractivity contribution is 6.07. The van der Waals surface area contributed by atoms with E-state index in [0.29, 0.717) is 23.9 Å². The highest BCUT2D eigenvalue weighted by atomic mass is 16.5. The number of carbonyl (C=O) groups excluding carboxylic acids is 1. The van der Waals surface area contributed by atoms with Crippen LogP contribution in [0.5, 0.6) is 5.75 Å². The molecule has 29 heavy (non-hydrogen) atoms. The minimum Gasteiger partial charge on any atom is -0.494 e. The van der Waals surface area contributed by atoms with E-state index in [-0.39, 0.29) is 5.78 Å². The molecule has 150 valence electrons. The first-order chi connectivity index (χ1) is 14.2. The Morgan fingerprint density at radius 3 is 2.79 bits per heavy atom. The molecule has 0 radical (unpaired) electrons. The molecule has 0 spiro atoms. The van der Waals surface area contributed by atoms with E-state index in [4.69, 9.17) is 4.74 Å². The van der Waals surface area contributed by atoms with Crippen LogP contribution in [0.2, 0.25) is 0 Å². The molecule has 0 aliphatic carbocycles. The number of aromatic nitrogens is 3. The third kappa shape index (κ3) is 4.71. The van der Waals surface area contributed by atoms with Gasteiger partial charge in [-0.05, 0) is 69.1 Å². The largest absolute Gasteiger partial charge is 0.494 e. The molecule has 3 heterocycles. The number of carbonyl (C=O) groups is 1. The van der Waals surface area contributed by atoms with Crippen LogP contribution in [0, 0.1) is 0 Å². The molecule has 2 aromatic heterocycles. The minimum atomic E-state index is -0.135. The number of nitrogens with zero attached hydrogens (tertiary/aromatic N) is 4. The molecule has 6 heteroatoms. The van der Waals surface area contributed by atoms with Gasteiger partial charge in [0.05, 0.1) is 24.1 Å². The summed E-state index contributed by atoms with van der Waals surface area (Å²) in [7, 11) is 0. The first-order valence-corrected chi connectivity index (χ1v) is 10.2. The van der Waals surface area contributed by atoms with Crippen molar-refractivity contribution >= 4 is 5.78 Å². The van der Waals surface area contributed by atoms with Crippen LogP contribution in [0.4, 0.5) is 0 Å². The van der Waals surface area contributed by atoms with Gasteiger partial charge < -0.3 is 9.64 Å². The zero-order valence-corrected chi connectivity index (χ0v) is 16.7. The van der Waals surface area contributed by atoms with Crippen LogP contribution in [0.3, 0.4) is 0 Å². The fourth-order valence-electron chi connectivity index (χ4n) is 3.70. The lowest BCUT2D eigenvalue weighted by atomic mass is 10.1. The van der Waals surface area contributed by atoms with Crippen molar-refractivity contribution in [2.24, 2.45) is 0 Å². The van der Waals surface area contributed by atoms with Crippen LogP contribution in [0.25, 0.3) is 5.69 Å². The van der Waals surface area contributed by atoms with E-state index in [0.717, 1.165) is 24.4 Å². The second-order valence-corrected chi connectivity index (χ2v) is 7.44. The van der Waals surface area contributed by atoms with Crippen molar-refractivity contribution < 1.29 is 9.53 Å². The topological polar surface area (TPSA) is 60.2 Å². The molecule has 0 saturated carbocycles. The molecule has 6 nitrogen and oxygen atoms in total. The van der Waals surface area contributed by atoms with Gasteiger partial charge in [-0.15, -0.1) is 0 Å². The van der Waals surface area contributed by atoms with Gasteiger partial charge in [0.25, 0.3) is 0 Å². The normalized spacial score (nSPS) is 16.8. The van der Waals surface area contributed by atoms with E-state index in [1.807, 2.05) is 24.3 Å². The summed E-state index contributed by atoms with van der Waals surface area (Å²) in [6.45, 7) is 5.33. The smallest absolute Gasteiger partial charge is 0.214 e. The summed E-state index contributed by atoms with van der Waals surface area (Å²) in [5.41, 5.74) is 1.81. The highest BCUT2D eigenvalue weighted by Crippen LogP contribution is 2.18. The minimum absolute atomic E-state index is 0.135. The SMILES string of the molecule is CC1CCCN1CCCOc1ccc(-n2cc(C(=O)c3ccccn3)cn2)cc1. The fourth-order valence-corrected chi connectivity index (χ4v) is 3.70. The number of pyridine rings is 1. The Morgan fingerprint density at radius 1 is 1.21 bits per heavy atom. The van der Waals surface area contributed by atoms with Gasteiger partial charge >= 0.3 is 0 Å². The molecule has 1 aliphatic heterocycles. The van der Waals surface area contributed by atoms with E-state index in [9.17, 15) is 4.79 Å². The molecule has 1 atom stereocenters. The van der Waals surface area contributed by atoms with Crippen LogP contribution in [0.15, 0.2) is 61.1 Å². The number of hydrogen-bond acceptors (Lipinski definition) is 5. The molecule has 4 rings (SSSR count). The Labute approximate surface area is 171 Å². The lowest BCUT2D eigenvalue weighted by Gasteiger charge is -2.20. The molecule has 0 N–H and O–H groups in total. The molecular formula is C23H26N4O2. The van der Waals surface area contributed by atoms with Gasteiger partial charge in [-0.25, -0.2) is 4.68 Å². The van der Waals surface area contributed by atoms with Gasteiger partial charge in [0.15, 0.2) is 0 Å². The van der Waals surface area contributed by atoms with E-state index < -0.39 is 0 Å². The summed E-state index contributed by atoms with van der Waals surface area (Å²) >= 11 is 0. The molecular weight excluding hydrogens is 364 g/mol. The second kappa shape index (κ2) is 9.01. The van der Waals surface area contributed by atoms with Crippen molar-refractivity contribution in [3.8, 4) is 11.4 Å². The van der Waals surface area contributed by atoms with Crippen molar-refractivity contribution in [2.45, 2.75) is 32.2 Å². The first kappa shape index (κ1) is 19.3. The number of ether oxygens (including phenoxy) is 1. The summed E-state index contributed by atoms with van der Waals surface area (Å²) in [6.07, 6.45) is 8.56. The third-order valence-corrected chi connectivity index (χ3v) is 5.39. The monoisotopic (exact) mass is 390 g/mol. The van der Waals surface area contributed by atoms with Crippen LogP contribution in [-0.4, -0.2) is 51.2 Å². The Bertz CT molecular complexity index is 937. The number of hydrogen-bond donors (Lipinski definition) is 0. The molecule has 1 saturated heterocycles. The maximum atomic E-state index is 12.5. The second-order valence-electron chi connectivity index (χ2n) is 7.44. The molecule has 0 bridgehead atoms. The van der Waals surface area contributed by atoms with E-state index >= 15 is 0 Å². The molecule has 1 aromatic carbocycles. The summed E-state index contributed by atoms with van der Waals surface area (Å²) < 4.78 is 7.56. The van der Waals surface area contributed by atoms with Gasteiger partial charge in [0.1, 0.15) is 11.4 Å². The summed E-state index contributed by atoms with van der Waals surface area (Å²) in [5, 5.41) is 4.31. The predicted molar refractivity (Wildman–Crippen MR) is 112 cm³/mol. The quantitative estimate of drug-likeness (QED) is 0.433. The number of benzene rings is 1. The van der Waals surface area contributed by atoms with Crippen molar-refractivity contribution in [1.82, 2.24) is 19.7 Å². The number of rotatable bonds is 8. The third-order valence-electron chi connectivity index (χ3n) is 5.39. The van der Waals surface area contributed by atoms with Gasteiger partial charge in [-0.3, -0.25) is 9.78 Å². The van der Waals surface area contributed by atoms with Crippen LogP contribution in [-0.2, 0) is 0 Å². The molecule has 0 amide bonds. The molecule has 1 fully saturated rings. The Balaban J connectivity index is 1.31. The van der Waals surface area contributed by atoms with E-state index in [1.165, 1.54) is 19.4 Å². The fraction of sp³-hybridized carbons (Fsp3) is 0.348. The Hall–Kier alpha value is -2.99. The predicted octanol–water partition coefficient (Wildman–Crippen LogP) is 3.75. The average Bonchev–Trinajstić information content (AvgIpc) is 3.41. The number of likely N-dealkylation sites (tertiary alicyclic amines) is 1. The highest BCUT2D eigenvalue weighted by Gasteiger charge is 2.19. The van der Waals surface area contributed by atoms with Crippen molar-refractivity contribution in [3.05, 3.63) is 72.3 Å². The first-order valence-electron chi connectivity index (χ1n) is 10.2. The average molecular weight is 390 g/mol. The molecule has 1 aliphatic rings. The van der Waals surface area contributed by atoms with Crippen LogP contribution >= 0.6 is 0 Å². The number of ketones is 1. The van der Waals surface area contributed by atoms with Crippen molar-refractivity contribution in [1.29, 1.82) is 0 Å². The lowest BCUT2D eigenvalue weighted by molar-refractivity contribution is 0.103. The van der Waals surface area contributed by atoms with E-state index in [2.05, 4.69) is 21.9 Å². The summed E-state index contributed by atoms with van der Waals surface area (Å²) in [6, 6.07) is 13.8. The zero-order chi connectivity index (χ0) is 20.1. The standard InChI is InChI=1S/C23H26N4O2/c1-18-6-4-13-26(18)14-5-15-29-21-10-8-20(9-11-21)27-17-19(16-25-27)23(28)22-7-2-3-12-24-22/h2-3,7-12,16-18H,4-6,13-15H2,1H3. The van der Waals surface area contributed by atoms with Crippen LogP contribution < -0.4 is 4.74 Å². The summed E-state index contributed by atoms with van der Waals surface area (Å²) in [5.74, 6) is 0.712. The van der Waals surface area contributed by atoms with Gasteiger partial charge in [-0.1, -0.05) is 6.07 Å². The maximum absolute atomic E-state index is 12.5. The van der Waals surface area contributed by atoms with Crippen molar-refractivity contribution in [3.63, 3.8) is 0 Å². The Kier molecular flexibility index (Phi) is 6.00. The lowest BCUT2D eigenvalue weighted by Crippen LogP contribution is -2.28. The van der Waals surface area contributed by atoms with E-state index in [1.54, 1.807) is 41.5 Å². The van der Waals surface area contributed by atoms with Crippen molar-refractivity contribution in [2.75, 3.05) is 19.7 Å².